The fraction of sp³-hybridized carbons (Fsp3) is 0.538. The van der Waals surface area contributed by atoms with Crippen molar-refractivity contribution in [3.63, 3.8) is 0 Å². The molecular formula is C13H20N2. The van der Waals surface area contributed by atoms with Gasteiger partial charge in [-0.15, -0.1) is 0 Å². The number of anilines is 1. The monoisotopic (exact) mass is 204 g/mol. The number of benzene rings is 1. The molecular weight excluding hydrogens is 184 g/mol. The van der Waals surface area contributed by atoms with E-state index in [2.05, 4.69) is 54.4 Å². The molecule has 1 aromatic rings. The highest BCUT2D eigenvalue weighted by atomic mass is 15.2. The van der Waals surface area contributed by atoms with Crippen molar-refractivity contribution in [3.05, 3.63) is 30.3 Å². The zero-order valence-corrected chi connectivity index (χ0v) is 9.61. The molecule has 2 nitrogen and oxygen atoms in total. The lowest BCUT2D eigenvalue weighted by atomic mass is 10.1. The first-order valence-electron chi connectivity index (χ1n) is 5.83. The molecule has 0 aromatic heterocycles. The summed E-state index contributed by atoms with van der Waals surface area (Å²) in [7, 11) is 0. The van der Waals surface area contributed by atoms with Crippen LogP contribution in [0.15, 0.2) is 30.3 Å². The van der Waals surface area contributed by atoms with Crippen LogP contribution in [-0.4, -0.2) is 25.2 Å². The summed E-state index contributed by atoms with van der Waals surface area (Å²) in [5, 5.41) is 3.49. The molecule has 2 heteroatoms. The predicted octanol–water partition coefficient (Wildman–Crippen LogP) is 2.26. The average Bonchev–Trinajstić information content (AvgIpc) is 2.41. The molecule has 1 aromatic carbocycles. The molecule has 0 bridgehead atoms. The lowest BCUT2D eigenvalue weighted by Gasteiger charge is -2.34. The number of hydrogen-bond acceptors (Lipinski definition) is 2. The van der Waals surface area contributed by atoms with Crippen LogP contribution in [0.2, 0.25) is 0 Å². The van der Waals surface area contributed by atoms with Gasteiger partial charge in [0.05, 0.1) is 0 Å². The van der Waals surface area contributed by atoms with Gasteiger partial charge >= 0.3 is 0 Å². The summed E-state index contributed by atoms with van der Waals surface area (Å²) in [5.41, 5.74) is 1.35. The topological polar surface area (TPSA) is 15.3 Å². The first-order valence-corrected chi connectivity index (χ1v) is 5.83. The zero-order chi connectivity index (χ0) is 10.7. The summed E-state index contributed by atoms with van der Waals surface area (Å²) >= 11 is 0. The van der Waals surface area contributed by atoms with Gasteiger partial charge in [-0.2, -0.15) is 0 Å². The van der Waals surface area contributed by atoms with E-state index >= 15 is 0 Å². The third kappa shape index (κ3) is 2.32. The molecule has 1 saturated heterocycles. The third-order valence-corrected chi connectivity index (χ3v) is 3.18. The van der Waals surface area contributed by atoms with Crippen molar-refractivity contribution >= 4 is 5.69 Å². The second-order valence-corrected chi connectivity index (χ2v) is 4.43. The summed E-state index contributed by atoms with van der Waals surface area (Å²) in [6.07, 6.45) is 1.22. The summed E-state index contributed by atoms with van der Waals surface area (Å²) in [6, 6.07) is 11.9. The first kappa shape index (κ1) is 10.5. The number of rotatable bonds is 1. The molecule has 15 heavy (non-hydrogen) atoms. The predicted molar refractivity (Wildman–Crippen MR) is 65.3 cm³/mol. The van der Waals surface area contributed by atoms with Gasteiger partial charge in [-0.3, -0.25) is 0 Å². The molecule has 1 aliphatic heterocycles. The van der Waals surface area contributed by atoms with E-state index in [1.165, 1.54) is 12.1 Å². The van der Waals surface area contributed by atoms with Crippen molar-refractivity contribution in [2.75, 3.05) is 18.0 Å². The number of nitrogens with one attached hydrogen (secondary N) is 1. The van der Waals surface area contributed by atoms with Crippen molar-refractivity contribution in [1.29, 1.82) is 0 Å². The average molecular weight is 204 g/mol. The van der Waals surface area contributed by atoms with E-state index in [9.17, 15) is 0 Å². The normalized spacial score (nSPS) is 27.5. The van der Waals surface area contributed by atoms with Crippen LogP contribution in [0.25, 0.3) is 0 Å². The van der Waals surface area contributed by atoms with E-state index in [-0.39, 0.29) is 0 Å². The van der Waals surface area contributed by atoms with Crippen LogP contribution in [-0.2, 0) is 0 Å². The number of para-hydroxylation sites is 1. The Morgan fingerprint density at radius 1 is 1.13 bits per heavy atom. The molecule has 0 saturated carbocycles. The van der Waals surface area contributed by atoms with Gasteiger partial charge in [0.2, 0.25) is 0 Å². The van der Waals surface area contributed by atoms with E-state index < -0.39 is 0 Å². The van der Waals surface area contributed by atoms with Crippen LogP contribution >= 0.6 is 0 Å². The van der Waals surface area contributed by atoms with Crippen molar-refractivity contribution in [2.45, 2.75) is 32.4 Å². The molecule has 0 radical (unpaired) electrons. The van der Waals surface area contributed by atoms with Crippen molar-refractivity contribution < 1.29 is 0 Å². The highest BCUT2D eigenvalue weighted by Gasteiger charge is 2.22. The van der Waals surface area contributed by atoms with Gasteiger partial charge in [-0.1, -0.05) is 18.2 Å². The minimum atomic E-state index is 0.574. The van der Waals surface area contributed by atoms with Crippen LogP contribution in [0.1, 0.15) is 20.3 Å². The Balaban J connectivity index is 2.23. The smallest absolute Gasteiger partial charge is 0.0389 e. The molecule has 1 fully saturated rings. The van der Waals surface area contributed by atoms with Gasteiger partial charge in [0, 0.05) is 24.3 Å². The van der Waals surface area contributed by atoms with Gasteiger partial charge in [0.25, 0.3) is 0 Å². The summed E-state index contributed by atoms with van der Waals surface area (Å²) in [6.45, 7) is 6.83. The van der Waals surface area contributed by atoms with E-state index in [4.69, 9.17) is 0 Å². The molecule has 2 atom stereocenters. The molecule has 82 valence electrons. The molecule has 1 N–H and O–H groups in total. The highest BCUT2D eigenvalue weighted by molar-refractivity contribution is 5.48. The molecule has 0 spiro atoms. The molecule has 0 aliphatic carbocycles. The van der Waals surface area contributed by atoms with E-state index in [0.29, 0.717) is 12.1 Å². The second-order valence-electron chi connectivity index (χ2n) is 4.43. The van der Waals surface area contributed by atoms with Crippen LogP contribution in [0.4, 0.5) is 5.69 Å². The van der Waals surface area contributed by atoms with E-state index in [1.54, 1.807) is 0 Å². The Hall–Kier alpha value is -1.02. The van der Waals surface area contributed by atoms with Gasteiger partial charge in [0.15, 0.2) is 0 Å². The van der Waals surface area contributed by atoms with Gasteiger partial charge in [-0.25, -0.2) is 0 Å². The van der Waals surface area contributed by atoms with Crippen LogP contribution in [0, 0.1) is 0 Å². The van der Waals surface area contributed by atoms with Crippen molar-refractivity contribution in [2.24, 2.45) is 0 Å². The zero-order valence-electron chi connectivity index (χ0n) is 9.61. The largest absolute Gasteiger partial charge is 0.365 e. The minimum absolute atomic E-state index is 0.574. The van der Waals surface area contributed by atoms with Crippen molar-refractivity contribution in [1.82, 2.24) is 5.32 Å². The Kier molecular flexibility index (Phi) is 3.27. The maximum Gasteiger partial charge on any atom is 0.0389 e. The number of nitrogens with zero attached hydrogens (tertiary/aromatic N) is 1. The van der Waals surface area contributed by atoms with Gasteiger partial charge < -0.3 is 10.2 Å². The lowest BCUT2D eigenvalue weighted by Crippen LogP contribution is -2.41. The fourth-order valence-corrected chi connectivity index (χ4v) is 2.40. The second kappa shape index (κ2) is 4.67. The summed E-state index contributed by atoms with van der Waals surface area (Å²) < 4.78 is 0. The van der Waals surface area contributed by atoms with Crippen molar-refractivity contribution in [3.8, 4) is 0 Å². The minimum Gasteiger partial charge on any atom is -0.365 e. The molecule has 1 aliphatic rings. The maximum absolute atomic E-state index is 3.49. The van der Waals surface area contributed by atoms with E-state index in [1.807, 2.05) is 0 Å². The summed E-state index contributed by atoms with van der Waals surface area (Å²) in [4.78, 5) is 2.53. The third-order valence-electron chi connectivity index (χ3n) is 3.18. The Bertz CT molecular complexity index is 285. The molecule has 2 rings (SSSR count). The standard InChI is InChI=1S/C13H20N2/c1-11-8-9-14-10-12(2)15(11)13-6-4-3-5-7-13/h3-7,11-12,14H,8-10H2,1-2H3. The number of hydrogen-bond donors (Lipinski definition) is 1. The fourth-order valence-electron chi connectivity index (χ4n) is 2.40. The van der Waals surface area contributed by atoms with Crippen LogP contribution in [0.5, 0.6) is 0 Å². The molecule has 1 heterocycles. The van der Waals surface area contributed by atoms with Gasteiger partial charge in [-0.05, 0) is 38.9 Å². The van der Waals surface area contributed by atoms with Crippen LogP contribution in [0.3, 0.4) is 0 Å². The molecule has 2 unspecified atom stereocenters. The Morgan fingerprint density at radius 2 is 1.87 bits per heavy atom. The highest BCUT2D eigenvalue weighted by Crippen LogP contribution is 2.22. The SMILES string of the molecule is CC1CCNCC(C)N1c1ccccc1. The van der Waals surface area contributed by atoms with Crippen LogP contribution < -0.4 is 10.2 Å². The quantitative estimate of drug-likeness (QED) is 0.755. The maximum atomic E-state index is 3.49. The molecule has 0 amide bonds. The first-order chi connectivity index (χ1) is 7.29. The summed E-state index contributed by atoms with van der Waals surface area (Å²) in [5.74, 6) is 0. The van der Waals surface area contributed by atoms with Gasteiger partial charge in [0.1, 0.15) is 0 Å². The lowest BCUT2D eigenvalue weighted by molar-refractivity contribution is 0.575. The Labute approximate surface area is 92.3 Å². The van der Waals surface area contributed by atoms with E-state index in [0.717, 1.165) is 13.1 Å². The Morgan fingerprint density at radius 3 is 2.60 bits per heavy atom.